The van der Waals surface area contributed by atoms with Crippen molar-refractivity contribution in [1.29, 1.82) is 5.26 Å². The molecule has 1 aromatic heterocycles. The van der Waals surface area contributed by atoms with Gasteiger partial charge < -0.3 is 10.1 Å². The van der Waals surface area contributed by atoms with Gasteiger partial charge in [-0.25, -0.2) is 8.42 Å². The number of sulfonamides is 1. The highest BCUT2D eigenvalue weighted by atomic mass is 32.2. The highest BCUT2D eigenvalue weighted by Crippen LogP contribution is 2.29. The summed E-state index contributed by atoms with van der Waals surface area (Å²) in [6, 6.07) is 6.22. The van der Waals surface area contributed by atoms with Crippen LogP contribution in [0.25, 0.3) is 0 Å². The van der Waals surface area contributed by atoms with Gasteiger partial charge in [-0.1, -0.05) is 12.8 Å². The number of hydrogen-bond acceptors (Lipinski definition) is 6. The normalized spacial score (nSPS) is 15.3. The van der Waals surface area contributed by atoms with Gasteiger partial charge in [-0.2, -0.15) is 14.7 Å². The van der Waals surface area contributed by atoms with E-state index in [1.165, 1.54) is 40.5 Å². The summed E-state index contributed by atoms with van der Waals surface area (Å²) >= 11 is 0. The van der Waals surface area contributed by atoms with Gasteiger partial charge in [-0.15, -0.1) is 0 Å². The van der Waals surface area contributed by atoms with E-state index >= 15 is 0 Å². The number of ether oxygens (including phenoxy) is 1. The lowest BCUT2D eigenvalue weighted by Crippen LogP contribution is -2.32. The number of nitriles is 1. The monoisotopic (exact) mass is 417 g/mol. The number of methoxy groups -OCH3 is 1. The molecule has 1 aliphatic rings. The maximum atomic E-state index is 13.2. The summed E-state index contributed by atoms with van der Waals surface area (Å²) in [4.78, 5) is 12.7. The van der Waals surface area contributed by atoms with Crippen molar-refractivity contribution in [3.63, 3.8) is 0 Å². The standard InChI is InChI=1S/C19H23N5O4S/c1-23-18(15(12-20)13-21-23)22-19(25)14-7-8-16(28-2)17(11-14)29(26,27)24-9-5-3-4-6-10-24/h7-8,11,13H,3-6,9-10H2,1-2H3,(H,22,25). The smallest absolute Gasteiger partial charge is 0.256 e. The van der Waals surface area contributed by atoms with E-state index in [9.17, 15) is 13.2 Å². The van der Waals surface area contributed by atoms with E-state index in [-0.39, 0.29) is 27.6 Å². The molecule has 1 aliphatic heterocycles. The van der Waals surface area contributed by atoms with Crippen LogP contribution in [0.4, 0.5) is 5.82 Å². The molecular weight excluding hydrogens is 394 g/mol. The number of aryl methyl sites for hydroxylation is 1. The summed E-state index contributed by atoms with van der Waals surface area (Å²) in [7, 11) is -0.818. The summed E-state index contributed by atoms with van der Waals surface area (Å²) in [6.45, 7) is 0.894. The van der Waals surface area contributed by atoms with Gasteiger partial charge >= 0.3 is 0 Å². The van der Waals surface area contributed by atoms with Crippen LogP contribution in [0.3, 0.4) is 0 Å². The molecule has 10 heteroatoms. The van der Waals surface area contributed by atoms with Gasteiger partial charge in [0.05, 0.1) is 13.3 Å². The Labute approximate surface area is 169 Å². The van der Waals surface area contributed by atoms with Gasteiger partial charge in [0.25, 0.3) is 5.91 Å². The molecule has 1 aromatic carbocycles. The van der Waals surface area contributed by atoms with Crippen molar-refractivity contribution < 1.29 is 17.9 Å². The number of carbonyl (C=O) groups excluding carboxylic acids is 1. The number of carbonyl (C=O) groups is 1. The van der Waals surface area contributed by atoms with Crippen molar-refractivity contribution >= 4 is 21.7 Å². The van der Waals surface area contributed by atoms with Crippen LogP contribution < -0.4 is 10.1 Å². The van der Waals surface area contributed by atoms with E-state index in [4.69, 9.17) is 10.00 Å². The molecule has 1 fully saturated rings. The molecule has 2 aromatic rings. The molecule has 3 rings (SSSR count). The summed E-state index contributed by atoms with van der Waals surface area (Å²) in [5.74, 6) is -0.116. The number of nitrogens with one attached hydrogen (secondary N) is 1. The molecule has 0 saturated carbocycles. The van der Waals surface area contributed by atoms with Crippen molar-refractivity contribution in [2.75, 3.05) is 25.5 Å². The Kier molecular flexibility index (Phi) is 6.20. The van der Waals surface area contributed by atoms with Gasteiger partial charge in [-0.3, -0.25) is 9.48 Å². The fraction of sp³-hybridized carbons (Fsp3) is 0.421. The molecule has 0 atom stereocenters. The topological polar surface area (TPSA) is 117 Å². The van der Waals surface area contributed by atoms with Crippen LogP contribution in [0, 0.1) is 11.3 Å². The maximum Gasteiger partial charge on any atom is 0.256 e. The van der Waals surface area contributed by atoms with Crippen LogP contribution in [0.5, 0.6) is 5.75 Å². The third-order valence-electron chi connectivity index (χ3n) is 4.90. The Morgan fingerprint density at radius 2 is 1.93 bits per heavy atom. The van der Waals surface area contributed by atoms with Crippen LogP contribution in [0.2, 0.25) is 0 Å². The zero-order valence-corrected chi connectivity index (χ0v) is 17.2. The fourth-order valence-electron chi connectivity index (χ4n) is 3.29. The highest BCUT2D eigenvalue weighted by Gasteiger charge is 2.29. The molecule has 0 unspecified atom stereocenters. The number of aromatic nitrogens is 2. The van der Waals surface area contributed by atoms with Crippen molar-refractivity contribution in [3.05, 3.63) is 35.5 Å². The van der Waals surface area contributed by atoms with Gasteiger partial charge in [-0.05, 0) is 31.0 Å². The summed E-state index contributed by atoms with van der Waals surface area (Å²) in [6.07, 6.45) is 4.95. The average molecular weight is 417 g/mol. The lowest BCUT2D eigenvalue weighted by molar-refractivity contribution is 0.102. The number of hydrogen-bond donors (Lipinski definition) is 1. The Hall–Kier alpha value is -2.90. The average Bonchev–Trinajstić information content (AvgIpc) is 2.91. The summed E-state index contributed by atoms with van der Waals surface area (Å²) in [5.41, 5.74) is 0.357. The molecule has 0 spiro atoms. The summed E-state index contributed by atoms with van der Waals surface area (Å²) in [5, 5.41) is 15.7. The fourth-order valence-corrected chi connectivity index (χ4v) is 4.99. The number of amides is 1. The lowest BCUT2D eigenvalue weighted by atomic mass is 10.2. The first kappa shape index (κ1) is 20.8. The Bertz CT molecular complexity index is 1050. The number of anilines is 1. The van der Waals surface area contributed by atoms with E-state index in [1.54, 1.807) is 7.05 Å². The van der Waals surface area contributed by atoms with Gasteiger partial charge in [0, 0.05) is 25.7 Å². The largest absolute Gasteiger partial charge is 0.495 e. The molecule has 1 amide bonds. The first-order valence-electron chi connectivity index (χ1n) is 9.30. The molecule has 1 N–H and O–H groups in total. The first-order valence-corrected chi connectivity index (χ1v) is 10.7. The van der Waals surface area contributed by atoms with Crippen LogP contribution in [0.15, 0.2) is 29.3 Å². The molecule has 9 nitrogen and oxygen atoms in total. The van der Waals surface area contributed by atoms with Gasteiger partial charge in [0.2, 0.25) is 10.0 Å². The van der Waals surface area contributed by atoms with E-state index in [2.05, 4.69) is 10.4 Å². The maximum absolute atomic E-state index is 13.2. The predicted molar refractivity (Wildman–Crippen MR) is 106 cm³/mol. The van der Waals surface area contributed by atoms with E-state index in [0.29, 0.717) is 13.1 Å². The number of nitrogens with zero attached hydrogens (tertiary/aromatic N) is 4. The minimum absolute atomic E-state index is 0.0416. The molecule has 0 bridgehead atoms. The molecule has 0 radical (unpaired) electrons. The number of rotatable bonds is 5. The Morgan fingerprint density at radius 1 is 1.24 bits per heavy atom. The molecule has 154 valence electrons. The Balaban J connectivity index is 1.95. The number of benzene rings is 1. The molecule has 29 heavy (non-hydrogen) atoms. The van der Waals surface area contributed by atoms with Crippen LogP contribution in [-0.4, -0.2) is 48.6 Å². The minimum atomic E-state index is -3.81. The molecule has 1 saturated heterocycles. The van der Waals surface area contributed by atoms with Crippen molar-refractivity contribution in [2.45, 2.75) is 30.6 Å². The zero-order valence-electron chi connectivity index (χ0n) is 16.4. The SMILES string of the molecule is COc1ccc(C(=O)Nc2c(C#N)cnn2C)cc1S(=O)(=O)N1CCCCCC1. The first-order chi connectivity index (χ1) is 13.9. The van der Waals surface area contributed by atoms with E-state index in [1.807, 2.05) is 6.07 Å². The highest BCUT2D eigenvalue weighted by molar-refractivity contribution is 7.89. The predicted octanol–water partition coefficient (Wildman–Crippen LogP) is 2.12. The Morgan fingerprint density at radius 3 is 2.55 bits per heavy atom. The van der Waals surface area contributed by atoms with Crippen LogP contribution in [0.1, 0.15) is 41.6 Å². The second-order valence-electron chi connectivity index (χ2n) is 6.78. The molecule has 0 aliphatic carbocycles. The van der Waals surface area contributed by atoms with Crippen molar-refractivity contribution in [2.24, 2.45) is 7.05 Å². The van der Waals surface area contributed by atoms with Crippen molar-refractivity contribution in [3.8, 4) is 11.8 Å². The second-order valence-corrected chi connectivity index (χ2v) is 8.69. The minimum Gasteiger partial charge on any atom is -0.495 e. The van der Waals surface area contributed by atoms with Crippen LogP contribution in [-0.2, 0) is 17.1 Å². The van der Waals surface area contributed by atoms with Gasteiger partial charge in [0.1, 0.15) is 28.1 Å². The molecular formula is C19H23N5O4S. The lowest BCUT2D eigenvalue weighted by Gasteiger charge is -2.21. The van der Waals surface area contributed by atoms with Crippen LogP contribution >= 0.6 is 0 Å². The van der Waals surface area contributed by atoms with Crippen molar-refractivity contribution in [1.82, 2.24) is 14.1 Å². The van der Waals surface area contributed by atoms with E-state index < -0.39 is 15.9 Å². The van der Waals surface area contributed by atoms with Gasteiger partial charge in [0.15, 0.2) is 0 Å². The summed E-state index contributed by atoms with van der Waals surface area (Å²) < 4.78 is 34.5. The zero-order chi connectivity index (χ0) is 21.0. The third-order valence-corrected chi connectivity index (χ3v) is 6.82. The third kappa shape index (κ3) is 4.26. The molecule has 2 heterocycles. The van der Waals surface area contributed by atoms with E-state index in [0.717, 1.165) is 25.7 Å². The second kappa shape index (κ2) is 8.63. The quantitative estimate of drug-likeness (QED) is 0.796.